The molecule has 0 amide bonds. The lowest BCUT2D eigenvalue weighted by atomic mass is 10.0. The summed E-state index contributed by atoms with van der Waals surface area (Å²) in [6.45, 7) is 12.4. The van der Waals surface area contributed by atoms with Crippen molar-refractivity contribution in [1.29, 1.82) is 0 Å². The Labute approximate surface area is 106 Å². The van der Waals surface area contributed by atoms with Crippen LogP contribution in [0.25, 0.3) is 0 Å². The molecule has 0 aromatic heterocycles. The van der Waals surface area contributed by atoms with E-state index in [1.54, 1.807) is 0 Å². The third kappa shape index (κ3) is 10.7. The second kappa shape index (κ2) is 8.86. The fraction of sp³-hybridized carbons (Fsp3) is 1.00. The summed E-state index contributed by atoms with van der Waals surface area (Å²) in [6.07, 6.45) is 0.804. The first-order chi connectivity index (χ1) is 7.87. The van der Waals surface area contributed by atoms with E-state index < -0.39 is 6.10 Å². The highest BCUT2D eigenvalue weighted by Gasteiger charge is 2.15. The van der Waals surface area contributed by atoms with Crippen molar-refractivity contribution in [2.75, 3.05) is 26.4 Å². The minimum Gasteiger partial charge on any atom is -0.389 e. The Kier molecular flexibility index (Phi) is 8.78. The van der Waals surface area contributed by atoms with Crippen molar-refractivity contribution in [1.82, 2.24) is 5.32 Å². The molecule has 4 nitrogen and oxygen atoms in total. The van der Waals surface area contributed by atoms with Crippen LogP contribution in [0, 0.1) is 0 Å². The Morgan fingerprint density at radius 1 is 1.24 bits per heavy atom. The summed E-state index contributed by atoms with van der Waals surface area (Å²) in [7, 11) is 0. The first kappa shape index (κ1) is 16.8. The molecule has 2 N–H and O–H groups in total. The van der Waals surface area contributed by atoms with Crippen LogP contribution in [0.5, 0.6) is 0 Å². The van der Waals surface area contributed by atoms with Gasteiger partial charge in [-0.3, -0.25) is 0 Å². The molecule has 0 rings (SSSR count). The Hall–Kier alpha value is -0.160. The van der Waals surface area contributed by atoms with E-state index in [1.165, 1.54) is 0 Å². The molecule has 0 aliphatic heterocycles. The van der Waals surface area contributed by atoms with Crippen molar-refractivity contribution < 1.29 is 14.6 Å². The molecule has 0 aliphatic carbocycles. The maximum atomic E-state index is 9.69. The summed E-state index contributed by atoms with van der Waals surface area (Å²) in [6, 6.07) is 0. The molecule has 0 heterocycles. The SMILES string of the molecule is CCC(C)(C)NCC(O)COCCOC(C)C. The van der Waals surface area contributed by atoms with Crippen LogP contribution >= 0.6 is 0 Å². The molecule has 4 heteroatoms. The highest BCUT2D eigenvalue weighted by Crippen LogP contribution is 2.06. The van der Waals surface area contributed by atoms with Crippen LogP contribution in [0.4, 0.5) is 0 Å². The minimum absolute atomic E-state index is 0.0712. The van der Waals surface area contributed by atoms with Gasteiger partial charge in [0.2, 0.25) is 0 Å². The van der Waals surface area contributed by atoms with Crippen LogP contribution in [-0.2, 0) is 9.47 Å². The number of ether oxygens (including phenoxy) is 2. The normalized spacial score (nSPS) is 14.3. The van der Waals surface area contributed by atoms with Crippen molar-refractivity contribution in [3.63, 3.8) is 0 Å². The Bertz CT molecular complexity index is 184. The van der Waals surface area contributed by atoms with Crippen LogP contribution in [-0.4, -0.2) is 49.2 Å². The Morgan fingerprint density at radius 2 is 1.88 bits per heavy atom. The first-order valence-electron chi connectivity index (χ1n) is 6.50. The molecule has 1 atom stereocenters. The fourth-order valence-electron chi connectivity index (χ4n) is 1.14. The number of hydrogen-bond donors (Lipinski definition) is 2. The molecule has 0 fully saturated rings. The van der Waals surface area contributed by atoms with Crippen molar-refractivity contribution >= 4 is 0 Å². The van der Waals surface area contributed by atoms with Crippen molar-refractivity contribution in [2.24, 2.45) is 0 Å². The van der Waals surface area contributed by atoms with Crippen LogP contribution in [0.15, 0.2) is 0 Å². The number of aliphatic hydroxyl groups is 1. The molecular formula is C13H29NO3. The van der Waals surface area contributed by atoms with Gasteiger partial charge in [0.25, 0.3) is 0 Å². The molecule has 1 unspecified atom stereocenters. The molecule has 0 aromatic carbocycles. The fourth-order valence-corrected chi connectivity index (χ4v) is 1.14. The standard InChI is InChI=1S/C13H29NO3/c1-6-13(4,5)14-9-12(15)10-16-7-8-17-11(2)3/h11-12,14-15H,6-10H2,1-5H3. The topological polar surface area (TPSA) is 50.7 Å². The molecule has 0 radical (unpaired) electrons. The summed E-state index contributed by atoms with van der Waals surface area (Å²) < 4.78 is 10.7. The summed E-state index contributed by atoms with van der Waals surface area (Å²) in [5, 5.41) is 13.0. The molecule has 17 heavy (non-hydrogen) atoms. The number of rotatable bonds is 10. The quantitative estimate of drug-likeness (QED) is 0.575. The summed E-state index contributed by atoms with van der Waals surface area (Å²) >= 11 is 0. The predicted octanol–water partition coefficient (Wildman–Crippen LogP) is 1.57. The lowest BCUT2D eigenvalue weighted by Gasteiger charge is -2.26. The van der Waals surface area contributed by atoms with Gasteiger partial charge in [-0.15, -0.1) is 0 Å². The lowest BCUT2D eigenvalue weighted by Crippen LogP contribution is -2.44. The van der Waals surface area contributed by atoms with Gasteiger partial charge >= 0.3 is 0 Å². The van der Waals surface area contributed by atoms with E-state index in [2.05, 4.69) is 26.1 Å². The molecule has 0 bridgehead atoms. The number of aliphatic hydroxyl groups excluding tert-OH is 1. The van der Waals surface area contributed by atoms with E-state index in [1.807, 2.05) is 13.8 Å². The number of nitrogens with one attached hydrogen (secondary N) is 1. The van der Waals surface area contributed by atoms with E-state index in [4.69, 9.17) is 9.47 Å². The monoisotopic (exact) mass is 247 g/mol. The minimum atomic E-state index is -0.458. The zero-order valence-corrected chi connectivity index (χ0v) is 12.0. The molecular weight excluding hydrogens is 218 g/mol. The Balaban J connectivity index is 3.44. The van der Waals surface area contributed by atoms with Gasteiger partial charge in [-0.2, -0.15) is 0 Å². The summed E-state index contributed by atoms with van der Waals surface area (Å²) in [5.74, 6) is 0. The number of hydrogen-bond acceptors (Lipinski definition) is 4. The van der Waals surface area contributed by atoms with Crippen LogP contribution in [0.3, 0.4) is 0 Å². The van der Waals surface area contributed by atoms with E-state index in [0.717, 1.165) is 6.42 Å². The highest BCUT2D eigenvalue weighted by atomic mass is 16.5. The third-order valence-corrected chi connectivity index (χ3v) is 2.69. The van der Waals surface area contributed by atoms with E-state index in [9.17, 15) is 5.11 Å². The van der Waals surface area contributed by atoms with Crippen molar-refractivity contribution in [2.45, 2.75) is 58.8 Å². The maximum absolute atomic E-state index is 9.69. The largest absolute Gasteiger partial charge is 0.389 e. The van der Waals surface area contributed by atoms with E-state index in [0.29, 0.717) is 26.4 Å². The van der Waals surface area contributed by atoms with Gasteiger partial charge < -0.3 is 19.9 Å². The second-order valence-corrected chi connectivity index (χ2v) is 5.27. The zero-order valence-electron chi connectivity index (χ0n) is 12.0. The van der Waals surface area contributed by atoms with E-state index in [-0.39, 0.29) is 11.6 Å². The average Bonchev–Trinajstić information content (AvgIpc) is 2.26. The summed E-state index contributed by atoms with van der Waals surface area (Å²) in [4.78, 5) is 0. The number of β-amino-alcohol motifs (C(OH)–C–C–N with tert-alkyl or cyclic N) is 1. The lowest BCUT2D eigenvalue weighted by molar-refractivity contribution is -0.0113. The summed E-state index contributed by atoms with van der Waals surface area (Å²) in [5.41, 5.74) is 0.0712. The highest BCUT2D eigenvalue weighted by molar-refractivity contribution is 4.76. The maximum Gasteiger partial charge on any atom is 0.0897 e. The van der Waals surface area contributed by atoms with Gasteiger partial charge in [0, 0.05) is 12.1 Å². The van der Waals surface area contributed by atoms with Gasteiger partial charge in [0.15, 0.2) is 0 Å². The van der Waals surface area contributed by atoms with Gasteiger partial charge in [-0.25, -0.2) is 0 Å². The third-order valence-electron chi connectivity index (χ3n) is 2.69. The van der Waals surface area contributed by atoms with E-state index >= 15 is 0 Å². The van der Waals surface area contributed by atoms with Gasteiger partial charge in [0.05, 0.1) is 32.0 Å². The predicted molar refractivity (Wildman–Crippen MR) is 70.3 cm³/mol. The van der Waals surface area contributed by atoms with Crippen LogP contribution < -0.4 is 5.32 Å². The molecule has 0 saturated carbocycles. The molecule has 0 saturated heterocycles. The molecule has 104 valence electrons. The molecule has 0 spiro atoms. The van der Waals surface area contributed by atoms with Crippen LogP contribution in [0.2, 0.25) is 0 Å². The molecule has 0 aliphatic rings. The smallest absolute Gasteiger partial charge is 0.0897 e. The van der Waals surface area contributed by atoms with Crippen molar-refractivity contribution in [3.05, 3.63) is 0 Å². The average molecular weight is 247 g/mol. The van der Waals surface area contributed by atoms with Gasteiger partial charge in [-0.1, -0.05) is 6.92 Å². The second-order valence-electron chi connectivity index (χ2n) is 5.27. The van der Waals surface area contributed by atoms with Crippen LogP contribution in [0.1, 0.15) is 41.0 Å². The first-order valence-corrected chi connectivity index (χ1v) is 6.50. The van der Waals surface area contributed by atoms with Crippen molar-refractivity contribution in [3.8, 4) is 0 Å². The van der Waals surface area contributed by atoms with Gasteiger partial charge in [0.1, 0.15) is 0 Å². The Morgan fingerprint density at radius 3 is 2.41 bits per heavy atom. The van der Waals surface area contributed by atoms with Gasteiger partial charge in [-0.05, 0) is 34.1 Å². The zero-order chi connectivity index (χ0) is 13.3. The molecule has 0 aromatic rings.